The molecular weight excluding hydrogens is 436 g/mol. The molecule has 0 amide bonds. The van der Waals surface area contributed by atoms with Crippen LogP contribution in [0.5, 0.6) is 0 Å². The van der Waals surface area contributed by atoms with Crippen LogP contribution in [-0.4, -0.2) is 47.2 Å². The number of aromatic carboxylic acids is 1. The summed E-state index contributed by atoms with van der Waals surface area (Å²) in [4.78, 5) is 47.4. The van der Waals surface area contributed by atoms with E-state index in [9.17, 15) is 19.2 Å². The van der Waals surface area contributed by atoms with Gasteiger partial charge >= 0.3 is 11.9 Å². The molecule has 0 spiro atoms. The van der Waals surface area contributed by atoms with Gasteiger partial charge in [0.15, 0.2) is 11.6 Å². The Kier molecular flexibility index (Phi) is 7.23. The summed E-state index contributed by atoms with van der Waals surface area (Å²) in [6, 6.07) is 6.54. The predicted molar refractivity (Wildman–Crippen MR) is 120 cm³/mol. The third-order valence-corrected chi connectivity index (χ3v) is 7.65. The van der Waals surface area contributed by atoms with Crippen LogP contribution < -0.4 is 0 Å². The maximum atomic E-state index is 11.7. The molecule has 2 aliphatic rings. The lowest BCUT2D eigenvalue weighted by molar-refractivity contribution is 0.0598. The summed E-state index contributed by atoms with van der Waals surface area (Å²) in [5.74, 6) is 0.525. The molecule has 0 bridgehead atoms. The molecule has 0 fully saturated rings. The van der Waals surface area contributed by atoms with Crippen LogP contribution >= 0.6 is 23.5 Å². The second-order valence-electron chi connectivity index (χ2n) is 7.07. The van der Waals surface area contributed by atoms with E-state index in [-0.39, 0.29) is 23.1 Å². The number of hydrogen-bond donors (Lipinski definition) is 1. The van der Waals surface area contributed by atoms with Crippen LogP contribution in [0.2, 0.25) is 0 Å². The number of carbonyl (C=O) groups is 4. The lowest BCUT2D eigenvalue weighted by atomic mass is 10.0. The van der Waals surface area contributed by atoms with Gasteiger partial charge in [0.1, 0.15) is 0 Å². The molecule has 2 aliphatic heterocycles. The van der Waals surface area contributed by atoms with E-state index >= 15 is 0 Å². The summed E-state index contributed by atoms with van der Waals surface area (Å²) in [7, 11) is 1.36. The number of hydrogen-bond acceptors (Lipinski definition) is 7. The molecular formula is C23H22O6S2. The van der Waals surface area contributed by atoms with Gasteiger partial charge < -0.3 is 9.84 Å². The van der Waals surface area contributed by atoms with Crippen molar-refractivity contribution in [2.24, 2.45) is 0 Å². The highest BCUT2D eigenvalue weighted by molar-refractivity contribution is 7.99. The quantitative estimate of drug-likeness (QED) is 0.639. The van der Waals surface area contributed by atoms with Gasteiger partial charge in [0.2, 0.25) is 0 Å². The molecule has 8 heteroatoms. The zero-order valence-corrected chi connectivity index (χ0v) is 19.1. The van der Waals surface area contributed by atoms with Crippen molar-refractivity contribution in [3.8, 4) is 0 Å². The van der Waals surface area contributed by atoms with E-state index in [1.54, 1.807) is 48.6 Å². The zero-order valence-electron chi connectivity index (χ0n) is 17.4. The van der Waals surface area contributed by atoms with Crippen LogP contribution in [0.1, 0.15) is 65.4 Å². The maximum absolute atomic E-state index is 11.7. The monoisotopic (exact) mass is 458 g/mol. The largest absolute Gasteiger partial charge is 0.478 e. The Bertz CT molecular complexity index is 1090. The molecule has 2 aromatic carbocycles. The Morgan fingerprint density at radius 1 is 0.839 bits per heavy atom. The Morgan fingerprint density at radius 3 is 1.74 bits per heavy atom. The topological polar surface area (TPSA) is 97.7 Å². The molecule has 162 valence electrons. The summed E-state index contributed by atoms with van der Waals surface area (Å²) in [5.41, 5.74) is 3.80. The van der Waals surface area contributed by atoms with Crippen molar-refractivity contribution in [1.82, 2.24) is 0 Å². The van der Waals surface area contributed by atoms with Crippen LogP contribution in [0.25, 0.3) is 0 Å². The summed E-state index contributed by atoms with van der Waals surface area (Å²) >= 11 is 3.20. The summed E-state index contributed by atoms with van der Waals surface area (Å²) in [5, 5.41) is 8.94. The normalized spacial score (nSPS) is 14.7. The molecule has 6 nitrogen and oxygen atoms in total. The Balaban J connectivity index is 0.000000176. The summed E-state index contributed by atoms with van der Waals surface area (Å²) < 4.78 is 4.70. The van der Waals surface area contributed by atoms with Crippen molar-refractivity contribution in [2.75, 3.05) is 18.6 Å². The highest BCUT2D eigenvalue weighted by Gasteiger charge is 2.23. The first-order chi connectivity index (χ1) is 14.8. The number of methoxy groups -OCH3 is 1. The number of carboxylic acids is 1. The molecule has 0 saturated heterocycles. The molecule has 31 heavy (non-hydrogen) atoms. The van der Waals surface area contributed by atoms with Crippen molar-refractivity contribution >= 4 is 47.0 Å². The number of rotatable bonds is 2. The van der Waals surface area contributed by atoms with Gasteiger partial charge in [-0.25, -0.2) is 9.59 Å². The van der Waals surface area contributed by atoms with E-state index in [1.807, 2.05) is 6.92 Å². The van der Waals surface area contributed by atoms with Gasteiger partial charge in [0.25, 0.3) is 0 Å². The lowest BCUT2D eigenvalue weighted by Crippen LogP contribution is -2.12. The standard InChI is InChI=1S/C12H12O3S.C11H10O3S/c1-7-8(12(14)15-2)3-4-9-10(13)5-6-16-11(7)9;1-6-7(11(13)14)2-3-8-9(12)4-5-15-10(6)8/h3-4H,5-6H2,1-2H3;2-3H,4-5H2,1H3,(H,13,14). The third-order valence-electron chi connectivity index (χ3n) is 5.20. The molecule has 2 heterocycles. The van der Waals surface area contributed by atoms with Crippen LogP contribution in [0.4, 0.5) is 0 Å². The smallest absolute Gasteiger partial charge is 0.338 e. The fourth-order valence-corrected chi connectivity index (χ4v) is 5.83. The van der Waals surface area contributed by atoms with Crippen molar-refractivity contribution in [3.05, 3.63) is 57.6 Å². The predicted octanol–water partition coefficient (Wildman–Crippen LogP) is 4.83. The van der Waals surface area contributed by atoms with Crippen LogP contribution in [0.15, 0.2) is 34.1 Å². The molecule has 0 atom stereocenters. The van der Waals surface area contributed by atoms with Gasteiger partial charge in [0.05, 0.1) is 18.2 Å². The molecule has 1 N–H and O–H groups in total. The van der Waals surface area contributed by atoms with E-state index < -0.39 is 5.97 Å². The number of carbonyl (C=O) groups excluding carboxylic acids is 3. The number of esters is 1. The first-order valence-corrected chi connectivity index (χ1v) is 11.6. The van der Waals surface area contributed by atoms with Crippen LogP contribution in [-0.2, 0) is 4.74 Å². The number of ketones is 2. The van der Waals surface area contributed by atoms with Gasteiger partial charge in [-0.15, -0.1) is 23.5 Å². The number of thioether (sulfide) groups is 2. The van der Waals surface area contributed by atoms with E-state index in [1.165, 1.54) is 13.2 Å². The number of carboxylic acid groups (broad SMARTS) is 1. The molecule has 0 saturated carbocycles. The minimum Gasteiger partial charge on any atom is -0.478 e. The first-order valence-electron chi connectivity index (χ1n) is 9.67. The maximum Gasteiger partial charge on any atom is 0.338 e. The lowest BCUT2D eigenvalue weighted by Gasteiger charge is -2.17. The Hall–Kier alpha value is -2.58. The molecule has 0 unspecified atom stereocenters. The van der Waals surface area contributed by atoms with Crippen molar-refractivity contribution < 1.29 is 29.0 Å². The SMILES string of the molecule is COC(=O)c1ccc2c(c1C)SCCC2=O.Cc1c(C(=O)O)ccc2c1SCCC2=O. The average molecular weight is 459 g/mol. The Labute approximate surface area is 188 Å². The molecule has 0 aliphatic carbocycles. The number of benzene rings is 2. The fraction of sp³-hybridized carbons (Fsp3) is 0.304. The van der Waals surface area contributed by atoms with E-state index in [0.717, 1.165) is 32.4 Å². The Morgan fingerprint density at radius 2 is 1.29 bits per heavy atom. The number of fused-ring (bicyclic) bond motifs is 2. The highest BCUT2D eigenvalue weighted by atomic mass is 32.2. The molecule has 0 radical (unpaired) electrons. The van der Waals surface area contributed by atoms with Gasteiger partial charge in [-0.2, -0.15) is 0 Å². The van der Waals surface area contributed by atoms with Crippen LogP contribution in [0.3, 0.4) is 0 Å². The average Bonchev–Trinajstić information content (AvgIpc) is 2.75. The second kappa shape index (κ2) is 9.70. The van der Waals surface area contributed by atoms with Gasteiger partial charge in [-0.1, -0.05) is 0 Å². The van der Waals surface area contributed by atoms with Gasteiger partial charge in [-0.3, -0.25) is 9.59 Å². The summed E-state index contributed by atoms with van der Waals surface area (Å²) in [6.45, 7) is 3.62. The van der Waals surface area contributed by atoms with Gasteiger partial charge in [0, 0.05) is 45.3 Å². The second-order valence-corrected chi connectivity index (χ2v) is 9.28. The van der Waals surface area contributed by atoms with E-state index in [0.29, 0.717) is 29.5 Å². The zero-order chi connectivity index (χ0) is 22.7. The van der Waals surface area contributed by atoms with Gasteiger partial charge in [-0.05, 0) is 49.2 Å². The third kappa shape index (κ3) is 4.70. The first kappa shape index (κ1) is 23.1. The van der Waals surface area contributed by atoms with E-state index in [2.05, 4.69) is 0 Å². The molecule has 0 aromatic heterocycles. The fourth-order valence-electron chi connectivity index (χ4n) is 3.52. The minimum atomic E-state index is -0.936. The highest BCUT2D eigenvalue weighted by Crippen LogP contribution is 2.35. The van der Waals surface area contributed by atoms with E-state index in [4.69, 9.17) is 9.84 Å². The number of Topliss-reactive ketones (excluding diaryl/α,β-unsaturated/α-hetero) is 2. The minimum absolute atomic E-state index is 0.115. The molecule has 2 aromatic rings. The number of ether oxygens (including phenoxy) is 1. The van der Waals surface area contributed by atoms with Crippen molar-refractivity contribution in [1.29, 1.82) is 0 Å². The summed E-state index contributed by atoms with van der Waals surface area (Å²) in [6.07, 6.45) is 1.12. The van der Waals surface area contributed by atoms with Crippen molar-refractivity contribution in [3.63, 3.8) is 0 Å². The molecule has 4 rings (SSSR count). The van der Waals surface area contributed by atoms with Crippen molar-refractivity contribution in [2.45, 2.75) is 36.5 Å². The van der Waals surface area contributed by atoms with Crippen LogP contribution in [0, 0.1) is 13.8 Å².